The van der Waals surface area contributed by atoms with Gasteiger partial charge in [-0.2, -0.15) is 0 Å². The van der Waals surface area contributed by atoms with Crippen LogP contribution in [0.2, 0.25) is 0 Å². The van der Waals surface area contributed by atoms with E-state index in [2.05, 4.69) is 18.9 Å². The summed E-state index contributed by atoms with van der Waals surface area (Å²) in [7, 11) is 2.09. The van der Waals surface area contributed by atoms with Crippen LogP contribution in [0.15, 0.2) is 18.2 Å². The monoisotopic (exact) mass is 247 g/mol. The van der Waals surface area contributed by atoms with Crippen molar-refractivity contribution < 1.29 is 4.79 Å². The molecule has 2 N–H and O–H groups in total. The maximum absolute atomic E-state index is 12.5. The van der Waals surface area contributed by atoms with Crippen molar-refractivity contribution in [2.75, 3.05) is 32.4 Å². The summed E-state index contributed by atoms with van der Waals surface area (Å²) in [4.78, 5) is 16.7. The summed E-state index contributed by atoms with van der Waals surface area (Å²) in [6.45, 7) is 6.68. The van der Waals surface area contributed by atoms with Crippen LogP contribution in [-0.2, 0) is 0 Å². The van der Waals surface area contributed by atoms with Crippen molar-refractivity contribution in [2.45, 2.75) is 19.9 Å². The van der Waals surface area contributed by atoms with Crippen molar-refractivity contribution in [1.82, 2.24) is 9.80 Å². The Hall–Kier alpha value is -1.55. The molecule has 0 aromatic heterocycles. The first-order valence-electron chi connectivity index (χ1n) is 6.34. The van der Waals surface area contributed by atoms with Crippen LogP contribution in [0, 0.1) is 6.92 Å². The second kappa shape index (κ2) is 4.98. The Balaban J connectivity index is 2.23. The maximum atomic E-state index is 12.5. The minimum absolute atomic E-state index is 0.0976. The summed E-state index contributed by atoms with van der Waals surface area (Å²) in [5.41, 5.74) is 8.13. The smallest absolute Gasteiger partial charge is 0.254 e. The van der Waals surface area contributed by atoms with Crippen molar-refractivity contribution in [3.63, 3.8) is 0 Å². The molecule has 1 aliphatic rings. The van der Waals surface area contributed by atoms with Crippen LogP contribution in [0.25, 0.3) is 0 Å². The average molecular weight is 247 g/mol. The summed E-state index contributed by atoms with van der Waals surface area (Å²) >= 11 is 0. The Morgan fingerprint density at radius 3 is 2.78 bits per heavy atom. The molecular weight excluding hydrogens is 226 g/mol. The van der Waals surface area contributed by atoms with Crippen molar-refractivity contribution in [3.8, 4) is 0 Å². The molecule has 4 heteroatoms. The Morgan fingerprint density at radius 2 is 2.11 bits per heavy atom. The highest BCUT2D eigenvalue weighted by Crippen LogP contribution is 2.18. The fraction of sp³-hybridized carbons (Fsp3) is 0.500. The fourth-order valence-corrected chi connectivity index (χ4v) is 2.47. The number of hydrogen-bond acceptors (Lipinski definition) is 3. The van der Waals surface area contributed by atoms with Crippen LogP contribution < -0.4 is 5.73 Å². The first-order chi connectivity index (χ1) is 8.49. The van der Waals surface area contributed by atoms with E-state index in [4.69, 9.17) is 5.73 Å². The first-order valence-corrected chi connectivity index (χ1v) is 6.34. The number of hydrogen-bond donors (Lipinski definition) is 1. The van der Waals surface area contributed by atoms with E-state index in [1.165, 1.54) is 0 Å². The van der Waals surface area contributed by atoms with Gasteiger partial charge < -0.3 is 15.5 Å². The highest BCUT2D eigenvalue weighted by atomic mass is 16.2. The normalized spacial score (nSPS) is 21.1. The molecular formula is C14H21N3O. The van der Waals surface area contributed by atoms with Gasteiger partial charge in [0, 0.05) is 36.9 Å². The van der Waals surface area contributed by atoms with Crippen LogP contribution in [0.3, 0.4) is 0 Å². The van der Waals surface area contributed by atoms with Crippen molar-refractivity contribution >= 4 is 11.6 Å². The summed E-state index contributed by atoms with van der Waals surface area (Å²) in [6.07, 6.45) is 0. The zero-order chi connectivity index (χ0) is 13.3. The van der Waals surface area contributed by atoms with Crippen molar-refractivity contribution in [1.29, 1.82) is 0 Å². The molecule has 0 spiro atoms. The van der Waals surface area contributed by atoms with Gasteiger partial charge in [0.05, 0.1) is 0 Å². The standard InChI is InChI=1S/C14H21N3O/c1-10-4-5-12(15)8-13(10)14(18)17-7-6-16(3)9-11(17)2/h4-5,8,11H,6-7,9,15H2,1-3H3. The second-order valence-corrected chi connectivity index (χ2v) is 5.18. The number of benzene rings is 1. The van der Waals surface area contributed by atoms with Crippen molar-refractivity contribution in [3.05, 3.63) is 29.3 Å². The van der Waals surface area contributed by atoms with Gasteiger partial charge in [0.2, 0.25) is 0 Å². The molecule has 1 unspecified atom stereocenters. The van der Waals surface area contributed by atoms with E-state index in [9.17, 15) is 4.79 Å². The van der Waals surface area contributed by atoms with Gasteiger partial charge >= 0.3 is 0 Å². The van der Waals surface area contributed by atoms with Gasteiger partial charge in [0.25, 0.3) is 5.91 Å². The van der Waals surface area contributed by atoms with Crippen LogP contribution >= 0.6 is 0 Å². The number of amides is 1. The third-order valence-corrected chi connectivity index (χ3v) is 3.58. The minimum Gasteiger partial charge on any atom is -0.399 e. The number of piperazine rings is 1. The molecule has 1 aromatic rings. The third kappa shape index (κ3) is 2.48. The number of carbonyl (C=O) groups is 1. The first kappa shape index (κ1) is 12.9. The molecule has 0 radical (unpaired) electrons. The summed E-state index contributed by atoms with van der Waals surface area (Å²) < 4.78 is 0. The van der Waals surface area contributed by atoms with Gasteiger partial charge in [0.15, 0.2) is 0 Å². The molecule has 4 nitrogen and oxygen atoms in total. The maximum Gasteiger partial charge on any atom is 0.254 e. The molecule has 1 amide bonds. The molecule has 1 heterocycles. The Morgan fingerprint density at radius 1 is 1.39 bits per heavy atom. The summed E-state index contributed by atoms with van der Waals surface area (Å²) in [5, 5.41) is 0. The van der Waals surface area contributed by atoms with Gasteiger partial charge in [-0.25, -0.2) is 0 Å². The quantitative estimate of drug-likeness (QED) is 0.762. The van der Waals surface area contributed by atoms with Crippen LogP contribution in [0.5, 0.6) is 0 Å². The SMILES string of the molecule is Cc1ccc(N)cc1C(=O)N1CCN(C)CC1C. The molecule has 1 aliphatic heterocycles. The molecule has 0 aliphatic carbocycles. The van der Waals surface area contributed by atoms with E-state index >= 15 is 0 Å². The number of nitrogens with zero attached hydrogens (tertiary/aromatic N) is 2. The Kier molecular flexibility index (Phi) is 3.57. The topological polar surface area (TPSA) is 49.6 Å². The predicted octanol–water partition coefficient (Wildman–Crippen LogP) is 1.35. The molecule has 1 atom stereocenters. The van der Waals surface area contributed by atoms with E-state index < -0.39 is 0 Å². The number of anilines is 1. The lowest BCUT2D eigenvalue weighted by molar-refractivity contribution is 0.0533. The van der Waals surface area contributed by atoms with Crippen LogP contribution in [-0.4, -0.2) is 48.4 Å². The number of carbonyl (C=O) groups excluding carboxylic acids is 1. The number of nitrogens with two attached hydrogens (primary N) is 1. The fourth-order valence-electron chi connectivity index (χ4n) is 2.47. The summed E-state index contributed by atoms with van der Waals surface area (Å²) in [5.74, 6) is 0.0976. The number of rotatable bonds is 1. The van der Waals surface area contributed by atoms with E-state index in [1.54, 1.807) is 6.07 Å². The van der Waals surface area contributed by atoms with Gasteiger partial charge in [-0.3, -0.25) is 4.79 Å². The van der Waals surface area contributed by atoms with Crippen LogP contribution in [0.1, 0.15) is 22.8 Å². The predicted molar refractivity (Wildman–Crippen MR) is 73.6 cm³/mol. The second-order valence-electron chi connectivity index (χ2n) is 5.18. The Labute approximate surface area is 108 Å². The lowest BCUT2D eigenvalue weighted by Gasteiger charge is -2.38. The molecule has 18 heavy (non-hydrogen) atoms. The largest absolute Gasteiger partial charge is 0.399 e. The number of likely N-dealkylation sites (N-methyl/N-ethyl adjacent to an activating group) is 1. The van der Waals surface area contributed by atoms with Gasteiger partial charge in [0.1, 0.15) is 0 Å². The zero-order valence-corrected chi connectivity index (χ0v) is 11.3. The lowest BCUT2D eigenvalue weighted by atomic mass is 10.0. The molecule has 0 saturated carbocycles. The van der Waals surface area contributed by atoms with E-state index in [1.807, 2.05) is 24.0 Å². The lowest BCUT2D eigenvalue weighted by Crippen LogP contribution is -2.52. The number of aryl methyl sites for hydroxylation is 1. The molecule has 1 aromatic carbocycles. The van der Waals surface area contributed by atoms with Gasteiger partial charge in [-0.1, -0.05) is 6.07 Å². The van der Waals surface area contributed by atoms with E-state index in [0.717, 1.165) is 30.8 Å². The minimum atomic E-state index is 0.0976. The Bertz CT molecular complexity index is 458. The van der Waals surface area contributed by atoms with Gasteiger partial charge in [-0.05, 0) is 38.6 Å². The molecule has 1 saturated heterocycles. The van der Waals surface area contributed by atoms with Crippen molar-refractivity contribution in [2.24, 2.45) is 0 Å². The molecule has 98 valence electrons. The van der Waals surface area contributed by atoms with E-state index in [0.29, 0.717) is 5.69 Å². The highest BCUT2D eigenvalue weighted by Gasteiger charge is 2.27. The third-order valence-electron chi connectivity index (χ3n) is 3.58. The average Bonchev–Trinajstić information content (AvgIpc) is 2.31. The number of nitrogen functional groups attached to an aromatic ring is 1. The molecule has 2 rings (SSSR count). The van der Waals surface area contributed by atoms with Gasteiger partial charge in [-0.15, -0.1) is 0 Å². The zero-order valence-electron chi connectivity index (χ0n) is 11.3. The summed E-state index contributed by atoms with van der Waals surface area (Å²) in [6, 6.07) is 5.77. The van der Waals surface area contributed by atoms with E-state index in [-0.39, 0.29) is 11.9 Å². The molecule has 1 fully saturated rings. The molecule has 0 bridgehead atoms. The highest BCUT2D eigenvalue weighted by molar-refractivity contribution is 5.96. The van der Waals surface area contributed by atoms with Crippen LogP contribution in [0.4, 0.5) is 5.69 Å².